The molecule has 0 saturated heterocycles. The lowest BCUT2D eigenvalue weighted by atomic mass is 10.1. The second-order valence-electron chi connectivity index (χ2n) is 4.12. The van der Waals surface area contributed by atoms with Gasteiger partial charge in [0.1, 0.15) is 5.75 Å². The zero-order valence-electron chi connectivity index (χ0n) is 10.7. The number of benzene rings is 1. The van der Waals surface area contributed by atoms with Crippen LogP contribution in [0, 0.1) is 6.92 Å². The number of carbonyl (C=O) groups excluding carboxylic acids is 1. The number of halogens is 1. The van der Waals surface area contributed by atoms with E-state index in [9.17, 15) is 9.90 Å². The van der Waals surface area contributed by atoms with Gasteiger partial charge in [-0.3, -0.25) is 9.78 Å². The molecular formula is C14H12ClN3O2. The van der Waals surface area contributed by atoms with Gasteiger partial charge in [0.25, 0.3) is 5.91 Å². The Hall–Kier alpha value is -2.40. The highest BCUT2D eigenvalue weighted by Crippen LogP contribution is 2.27. The summed E-state index contributed by atoms with van der Waals surface area (Å²) in [6.45, 7) is 1.85. The molecule has 0 bridgehead atoms. The molecule has 0 aliphatic carbocycles. The third-order valence-corrected chi connectivity index (χ3v) is 2.84. The summed E-state index contributed by atoms with van der Waals surface area (Å²) in [5, 5.41) is 13.8. The van der Waals surface area contributed by atoms with Gasteiger partial charge in [0.05, 0.1) is 11.2 Å². The fraction of sp³-hybridized carbons (Fsp3) is 0.0714. The largest absolute Gasteiger partial charge is 0.506 e. The lowest BCUT2D eigenvalue weighted by Crippen LogP contribution is -2.17. The minimum absolute atomic E-state index is 0.0702. The first kappa shape index (κ1) is 14.0. The number of phenolic OH excluding ortho intramolecular Hbond substituents is 1. The minimum atomic E-state index is -0.359. The molecule has 0 radical (unpaired) electrons. The van der Waals surface area contributed by atoms with Crippen molar-refractivity contribution in [3.8, 4) is 5.75 Å². The first-order valence-corrected chi connectivity index (χ1v) is 6.18. The number of hydrazone groups is 1. The van der Waals surface area contributed by atoms with Gasteiger partial charge in [0.15, 0.2) is 0 Å². The smallest absolute Gasteiger partial charge is 0.271 e. The Bertz CT molecular complexity index is 657. The van der Waals surface area contributed by atoms with Gasteiger partial charge >= 0.3 is 0 Å². The summed E-state index contributed by atoms with van der Waals surface area (Å²) < 4.78 is 0. The topological polar surface area (TPSA) is 74.6 Å². The number of aromatic nitrogens is 1. The van der Waals surface area contributed by atoms with E-state index in [1.165, 1.54) is 18.6 Å². The molecule has 1 aromatic carbocycles. The lowest BCUT2D eigenvalue weighted by molar-refractivity contribution is 0.0955. The maximum atomic E-state index is 11.7. The van der Waals surface area contributed by atoms with E-state index in [2.05, 4.69) is 15.5 Å². The number of nitrogens with zero attached hydrogens (tertiary/aromatic N) is 2. The molecule has 1 heterocycles. The van der Waals surface area contributed by atoms with Crippen molar-refractivity contribution in [2.24, 2.45) is 5.10 Å². The molecule has 102 valence electrons. The first-order chi connectivity index (χ1) is 9.58. The highest BCUT2D eigenvalue weighted by Gasteiger charge is 2.06. The molecule has 2 rings (SSSR count). The van der Waals surface area contributed by atoms with Crippen LogP contribution in [0.3, 0.4) is 0 Å². The number of amides is 1. The predicted octanol–water partition coefficient (Wildman–Crippen LogP) is 2.51. The van der Waals surface area contributed by atoms with Gasteiger partial charge in [-0.1, -0.05) is 11.6 Å². The van der Waals surface area contributed by atoms with E-state index in [1.807, 2.05) is 6.92 Å². The Morgan fingerprint density at radius 2 is 2.10 bits per heavy atom. The number of hydrogen-bond acceptors (Lipinski definition) is 4. The van der Waals surface area contributed by atoms with E-state index in [1.54, 1.807) is 24.3 Å². The number of rotatable bonds is 3. The van der Waals surface area contributed by atoms with Gasteiger partial charge in [-0.25, -0.2) is 5.43 Å². The Labute approximate surface area is 120 Å². The average Bonchev–Trinajstić information content (AvgIpc) is 2.44. The van der Waals surface area contributed by atoms with Crippen molar-refractivity contribution in [3.63, 3.8) is 0 Å². The van der Waals surface area contributed by atoms with Crippen LogP contribution in [0.15, 0.2) is 41.8 Å². The first-order valence-electron chi connectivity index (χ1n) is 5.80. The summed E-state index contributed by atoms with van der Waals surface area (Å²) in [5.41, 5.74) is 4.13. The number of pyridine rings is 1. The van der Waals surface area contributed by atoms with E-state index in [0.717, 1.165) is 5.56 Å². The number of phenols is 1. The molecule has 0 aliphatic rings. The van der Waals surface area contributed by atoms with Crippen molar-refractivity contribution in [3.05, 3.63) is 58.4 Å². The van der Waals surface area contributed by atoms with Gasteiger partial charge in [0, 0.05) is 23.5 Å². The van der Waals surface area contributed by atoms with Gasteiger partial charge < -0.3 is 5.11 Å². The summed E-state index contributed by atoms with van der Waals surface area (Å²) in [6, 6.07) is 6.50. The minimum Gasteiger partial charge on any atom is -0.506 e. The quantitative estimate of drug-likeness (QED) is 0.673. The highest BCUT2D eigenvalue weighted by molar-refractivity contribution is 6.32. The number of aromatic hydroxyl groups is 1. The maximum absolute atomic E-state index is 11.7. The van der Waals surface area contributed by atoms with Gasteiger partial charge in [-0.2, -0.15) is 5.10 Å². The SMILES string of the molecule is Cc1cc(Cl)c(O)c(/C=N/NC(=O)c2ccncc2)c1. The van der Waals surface area contributed by atoms with Crippen molar-refractivity contribution in [1.82, 2.24) is 10.4 Å². The molecule has 1 aromatic heterocycles. The Balaban J connectivity index is 2.10. The van der Waals surface area contributed by atoms with Crippen molar-refractivity contribution >= 4 is 23.7 Å². The monoisotopic (exact) mass is 289 g/mol. The molecule has 5 nitrogen and oxygen atoms in total. The Morgan fingerprint density at radius 3 is 2.80 bits per heavy atom. The second-order valence-corrected chi connectivity index (χ2v) is 4.53. The standard InChI is InChI=1S/C14H12ClN3O2/c1-9-6-11(13(19)12(15)7-9)8-17-18-14(20)10-2-4-16-5-3-10/h2-8,19H,1H3,(H,18,20)/b17-8+. The normalized spacial score (nSPS) is 10.7. The van der Waals surface area contributed by atoms with Crippen LogP contribution in [0.1, 0.15) is 21.5 Å². The van der Waals surface area contributed by atoms with Gasteiger partial charge in [-0.05, 0) is 36.8 Å². The van der Waals surface area contributed by atoms with Crippen LogP contribution in [0.5, 0.6) is 5.75 Å². The third-order valence-electron chi connectivity index (χ3n) is 2.55. The van der Waals surface area contributed by atoms with E-state index >= 15 is 0 Å². The zero-order chi connectivity index (χ0) is 14.5. The van der Waals surface area contributed by atoms with Crippen LogP contribution >= 0.6 is 11.6 Å². The summed E-state index contributed by atoms with van der Waals surface area (Å²) in [4.78, 5) is 15.5. The maximum Gasteiger partial charge on any atom is 0.271 e. The van der Waals surface area contributed by atoms with E-state index in [-0.39, 0.29) is 16.7 Å². The number of aryl methyl sites for hydroxylation is 1. The van der Waals surface area contributed by atoms with Crippen LogP contribution in [0.25, 0.3) is 0 Å². The molecule has 0 atom stereocenters. The lowest BCUT2D eigenvalue weighted by Gasteiger charge is -2.03. The molecule has 0 aliphatic heterocycles. The molecule has 20 heavy (non-hydrogen) atoms. The molecule has 0 saturated carbocycles. The summed E-state index contributed by atoms with van der Waals surface area (Å²) >= 11 is 5.85. The molecule has 0 spiro atoms. The molecule has 2 aromatic rings. The Morgan fingerprint density at radius 1 is 1.40 bits per heavy atom. The number of hydrogen-bond donors (Lipinski definition) is 2. The summed E-state index contributed by atoms with van der Waals surface area (Å²) in [7, 11) is 0. The van der Waals surface area contributed by atoms with Crippen molar-refractivity contribution in [2.45, 2.75) is 6.92 Å². The average molecular weight is 290 g/mol. The van der Waals surface area contributed by atoms with E-state index in [4.69, 9.17) is 11.6 Å². The zero-order valence-corrected chi connectivity index (χ0v) is 11.4. The van der Waals surface area contributed by atoms with Crippen LogP contribution in [-0.2, 0) is 0 Å². The molecule has 0 unspecified atom stereocenters. The van der Waals surface area contributed by atoms with E-state index in [0.29, 0.717) is 11.1 Å². The molecule has 1 amide bonds. The van der Waals surface area contributed by atoms with E-state index < -0.39 is 0 Å². The van der Waals surface area contributed by atoms with Crippen molar-refractivity contribution in [1.29, 1.82) is 0 Å². The summed E-state index contributed by atoms with van der Waals surface area (Å²) in [6.07, 6.45) is 4.38. The fourth-order valence-corrected chi connectivity index (χ4v) is 1.87. The molecular weight excluding hydrogens is 278 g/mol. The van der Waals surface area contributed by atoms with Gasteiger partial charge in [0.2, 0.25) is 0 Å². The van der Waals surface area contributed by atoms with Crippen LogP contribution < -0.4 is 5.43 Å². The van der Waals surface area contributed by atoms with Crippen LogP contribution in [0.2, 0.25) is 5.02 Å². The van der Waals surface area contributed by atoms with Crippen molar-refractivity contribution < 1.29 is 9.90 Å². The highest BCUT2D eigenvalue weighted by atomic mass is 35.5. The number of nitrogens with one attached hydrogen (secondary N) is 1. The third kappa shape index (κ3) is 3.33. The van der Waals surface area contributed by atoms with Crippen LogP contribution in [-0.4, -0.2) is 22.2 Å². The van der Waals surface area contributed by atoms with Crippen molar-refractivity contribution in [2.75, 3.05) is 0 Å². The Kier molecular flexibility index (Phi) is 4.32. The second kappa shape index (κ2) is 6.16. The molecule has 6 heteroatoms. The predicted molar refractivity (Wildman–Crippen MR) is 77.2 cm³/mol. The van der Waals surface area contributed by atoms with Crippen LogP contribution in [0.4, 0.5) is 0 Å². The summed E-state index contributed by atoms with van der Waals surface area (Å²) in [5.74, 6) is -0.430. The molecule has 2 N–H and O–H groups in total. The van der Waals surface area contributed by atoms with Gasteiger partial charge in [-0.15, -0.1) is 0 Å². The number of carbonyl (C=O) groups is 1. The fourth-order valence-electron chi connectivity index (χ4n) is 1.59. The molecule has 0 fully saturated rings.